The van der Waals surface area contributed by atoms with Crippen molar-refractivity contribution in [2.75, 3.05) is 13.1 Å². The van der Waals surface area contributed by atoms with Gasteiger partial charge in [-0.3, -0.25) is 0 Å². The van der Waals surface area contributed by atoms with E-state index in [1.54, 1.807) is 0 Å². The first-order chi connectivity index (χ1) is 7.25. The van der Waals surface area contributed by atoms with E-state index < -0.39 is 0 Å². The van der Waals surface area contributed by atoms with Crippen LogP contribution in [0.3, 0.4) is 0 Å². The second-order valence-corrected chi connectivity index (χ2v) is 5.04. The molecule has 3 atom stereocenters. The Hall–Kier alpha value is -0.760. The molecule has 2 N–H and O–H groups in total. The highest BCUT2D eigenvalue weighted by atomic mass is 15.1. The van der Waals surface area contributed by atoms with Gasteiger partial charge in [0, 0.05) is 19.1 Å². The molecule has 0 aromatic rings. The predicted octanol–water partition coefficient (Wildman–Crippen LogP) is 2.14. The summed E-state index contributed by atoms with van der Waals surface area (Å²) < 4.78 is 0. The molecule has 84 valence electrons. The van der Waals surface area contributed by atoms with Crippen LogP contribution in [0.15, 0.2) is 24.4 Å². The summed E-state index contributed by atoms with van der Waals surface area (Å²) in [4.78, 5) is 2.41. The van der Waals surface area contributed by atoms with Gasteiger partial charge in [0.2, 0.25) is 0 Å². The van der Waals surface area contributed by atoms with Crippen molar-refractivity contribution in [3.05, 3.63) is 24.4 Å². The number of nitrogens with two attached hydrogens (primary N) is 1. The first-order valence-electron chi connectivity index (χ1n) is 6.08. The Morgan fingerprint density at radius 2 is 2.20 bits per heavy atom. The Balaban J connectivity index is 1.80. The van der Waals surface area contributed by atoms with Crippen LogP contribution in [0.25, 0.3) is 0 Å². The molecule has 0 amide bonds. The summed E-state index contributed by atoms with van der Waals surface area (Å²) in [7, 11) is 0. The van der Waals surface area contributed by atoms with E-state index in [0.717, 1.165) is 12.5 Å². The van der Waals surface area contributed by atoms with E-state index in [9.17, 15) is 0 Å². The third-order valence-corrected chi connectivity index (χ3v) is 3.72. The van der Waals surface area contributed by atoms with Gasteiger partial charge >= 0.3 is 0 Å². The lowest BCUT2D eigenvalue weighted by Crippen LogP contribution is -2.38. The summed E-state index contributed by atoms with van der Waals surface area (Å²) in [5.74, 6) is 1.55. The Morgan fingerprint density at radius 1 is 1.33 bits per heavy atom. The van der Waals surface area contributed by atoms with Gasteiger partial charge in [-0.1, -0.05) is 19.1 Å². The maximum absolute atomic E-state index is 6.03. The molecule has 1 heterocycles. The van der Waals surface area contributed by atoms with Crippen LogP contribution in [0.4, 0.5) is 0 Å². The minimum atomic E-state index is 0.443. The van der Waals surface area contributed by atoms with E-state index in [1.807, 2.05) is 0 Å². The molecule has 0 aromatic heterocycles. The second-order valence-electron chi connectivity index (χ2n) is 5.04. The van der Waals surface area contributed by atoms with Gasteiger partial charge in [0.25, 0.3) is 0 Å². The molecule has 0 spiro atoms. The summed E-state index contributed by atoms with van der Waals surface area (Å²) >= 11 is 0. The molecule has 2 nitrogen and oxygen atoms in total. The molecule has 0 aromatic carbocycles. The van der Waals surface area contributed by atoms with E-state index in [0.29, 0.717) is 12.0 Å². The zero-order valence-electron chi connectivity index (χ0n) is 9.60. The van der Waals surface area contributed by atoms with Crippen LogP contribution in [0.1, 0.15) is 26.2 Å². The van der Waals surface area contributed by atoms with Crippen molar-refractivity contribution >= 4 is 0 Å². The molecule has 1 saturated carbocycles. The van der Waals surface area contributed by atoms with Gasteiger partial charge in [-0.2, -0.15) is 0 Å². The van der Waals surface area contributed by atoms with Gasteiger partial charge in [0.1, 0.15) is 0 Å². The van der Waals surface area contributed by atoms with Crippen molar-refractivity contribution in [2.45, 2.75) is 32.2 Å². The average molecular weight is 206 g/mol. The standard InChI is InChI=1S/C13H22N2/c1-11-9-12(5-6-13(11)14)10-15-7-3-2-4-8-15/h2-4,7,11-13H,5-6,8-10,14H2,1H3. The fraction of sp³-hybridized carbons (Fsp3) is 0.692. The van der Waals surface area contributed by atoms with Gasteiger partial charge < -0.3 is 10.6 Å². The van der Waals surface area contributed by atoms with Crippen LogP contribution in [0.5, 0.6) is 0 Å². The first-order valence-corrected chi connectivity index (χ1v) is 6.08. The zero-order chi connectivity index (χ0) is 10.7. The zero-order valence-corrected chi connectivity index (χ0v) is 9.60. The predicted molar refractivity (Wildman–Crippen MR) is 64.3 cm³/mol. The fourth-order valence-corrected chi connectivity index (χ4v) is 2.67. The van der Waals surface area contributed by atoms with Crippen molar-refractivity contribution in [2.24, 2.45) is 17.6 Å². The fourth-order valence-electron chi connectivity index (χ4n) is 2.67. The summed E-state index contributed by atoms with van der Waals surface area (Å²) in [5, 5.41) is 0. The van der Waals surface area contributed by atoms with Gasteiger partial charge in [-0.05, 0) is 43.4 Å². The van der Waals surface area contributed by atoms with Crippen LogP contribution in [-0.2, 0) is 0 Å². The number of hydrogen-bond donors (Lipinski definition) is 1. The molecule has 0 radical (unpaired) electrons. The molecule has 0 saturated heterocycles. The molecule has 15 heavy (non-hydrogen) atoms. The van der Waals surface area contributed by atoms with E-state index in [1.165, 1.54) is 25.8 Å². The van der Waals surface area contributed by atoms with Gasteiger partial charge in [0.15, 0.2) is 0 Å². The molecule has 2 aliphatic rings. The van der Waals surface area contributed by atoms with E-state index in [2.05, 4.69) is 36.3 Å². The Kier molecular flexibility index (Phi) is 3.47. The summed E-state index contributed by atoms with van der Waals surface area (Å²) in [6, 6.07) is 0.443. The molecule has 2 heteroatoms. The summed E-state index contributed by atoms with van der Waals surface area (Å²) in [5.41, 5.74) is 6.03. The van der Waals surface area contributed by atoms with Crippen molar-refractivity contribution in [1.82, 2.24) is 4.90 Å². The molecular weight excluding hydrogens is 184 g/mol. The lowest BCUT2D eigenvalue weighted by atomic mass is 9.79. The molecule has 2 rings (SSSR count). The van der Waals surface area contributed by atoms with Gasteiger partial charge in [-0.25, -0.2) is 0 Å². The Bertz CT molecular complexity index is 257. The van der Waals surface area contributed by atoms with Crippen molar-refractivity contribution < 1.29 is 0 Å². The number of nitrogens with zero attached hydrogens (tertiary/aromatic N) is 1. The molecule has 3 unspecified atom stereocenters. The Labute approximate surface area is 92.8 Å². The van der Waals surface area contributed by atoms with E-state index >= 15 is 0 Å². The van der Waals surface area contributed by atoms with Crippen LogP contribution in [0, 0.1) is 11.8 Å². The Morgan fingerprint density at radius 3 is 2.87 bits per heavy atom. The van der Waals surface area contributed by atoms with Crippen LogP contribution >= 0.6 is 0 Å². The molecule has 1 fully saturated rings. The third-order valence-electron chi connectivity index (χ3n) is 3.72. The van der Waals surface area contributed by atoms with Crippen LogP contribution in [-0.4, -0.2) is 24.0 Å². The van der Waals surface area contributed by atoms with Crippen molar-refractivity contribution in [3.8, 4) is 0 Å². The number of allylic oxidation sites excluding steroid dienone is 2. The topological polar surface area (TPSA) is 29.3 Å². The van der Waals surface area contributed by atoms with Crippen LogP contribution in [0.2, 0.25) is 0 Å². The number of rotatable bonds is 2. The molecule has 1 aliphatic carbocycles. The monoisotopic (exact) mass is 206 g/mol. The summed E-state index contributed by atoms with van der Waals surface area (Å²) in [6.07, 6.45) is 12.5. The third kappa shape index (κ3) is 2.85. The number of hydrogen-bond acceptors (Lipinski definition) is 2. The van der Waals surface area contributed by atoms with E-state index in [-0.39, 0.29) is 0 Å². The van der Waals surface area contributed by atoms with Crippen molar-refractivity contribution in [3.63, 3.8) is 0 Å². The smallest absolute Gasteiger partial charge is 0.0357 e. The van der Waals surface area contributed by atoms with Crippen molar-refractivity contribution in [1.29, 1.82) is 0 Å². The largest absolute Gasteiger partial charge is 0.373 e. The SMILES string of the molecule is CC1CC(CN2C=CC=CC2)CCC1N. The minimum absolute atomic E-state index is 0.443. The average Bonchev–Trinajstić information content (AvgIpc) is 2.25. The second kappa shape index (κ2) is 4.84. The normalized spacial score (nSPS) is 35.9. The van der Waals surface area contributed by atoms with Gasteiger partial charge in [-0.15, -0.1) is 0 Å². The maximum Gasteiger partial charge on any atom is 0.0357 e. The molecule has 1 aliphatic heterocycles. The quantitative estimate of drug-likeness (QED) is 0.750. The summed E-state index contributed by atoms with van der Waals surface area (Å²) in [6.45, 7) is 4.58. The van der Waals surface area contributed by atoms with E-state index in [4.69, 9.17) is 5.73 Å². The lowest BCUT2D eigenvalue weighted by molar-refractivity contribution is 0.206. The highest BCUT2D eigenvalue weighted by Gasteiger charge is 2.25. The molecular formula is C13H22N2. The lowest BCUT2D eigenvalue weighted by Gasteiger charge is -2.35. The first kappa shape index (κ1) is 10.7. The molecule has 0 bridgehead atoms. The van der Waals surface area contributed by atoms with Gasteiger partial charge in [0.05, 0.1) is 0 Å². The van der Waals surface area contributed by atoms with Crippen LogP contribution < -0.4 is 5.73 Å². The highest BCUT2D eigenvalue weighted by Crippen LogP contribution is 2.28. The highest BCUT2D eigenvalue weighted by molar-refractivity contribution is 5.08. The minimum Gasteiger partial charge on any atom is -0.373 e. The maximum atomic E-state index is 6.03.